The number of hydrogen-bond acceptors (Lipinski definition) is 4. The largest absolute Gasteiger partial charge is 0.368 e. The van der Waals surface area contributed by atoms with Crippen molar-refractivity contribution in [1.82, 2.24) is 4.98 Å². The molecule has 0 aromatic carbocycles. The molecule has 3 rings (SSSR count). The Morgan fingerprint density at radius 1 is 1.32 bits per heavy atom. The Balaban J connectivity index is 1.76. The fourth-order valence-corrected chi connectivity index (χ4v) is 4.62. The summed E-state index contributed by atoms with van der Waals surface area (Å²) in [5.41, 5.74) is 0. The molecule has 2 heterocycles. The van der Waals surface area contributed by atoms with E-state index in [1.54, 1.807) is 11.3 Å². The Kier molecular flexibility index (Phi) is 3.99. The van der Waals surface area contributed by atoms with E-state index in [0.717, 1.165) is 12.4 Å². The second-order valence-corrected chi connectivity index (χ2v) is 7.52. The molecule has 0 spiro atoms. The minimum Gasteiger partial charge on any atom is -0.368 e. The van der Waals surface area contributed by atoms with Gasteiger partial charge in [0.1, 0.15) is 5.82 Å². The number of hydrogen-bond donors (Lipinski definition) is 1. The monoisotopic (exact) mass is 292 g/mol. The van der Waals surface area contributed by atoms with E-state index in [0.29, 0.717) is 4.75 Å². The van der Waals surface area contributed by atoms with Gasteiger partial charge in [0.15, 0.2) is 0 Å². The third kappa shape index (κ3) is 2.75. The smallest absolute Gasteiger partial charge is 0.134 e. The van der Waals surface area contributed by atoms with Crippen LogP contribution in [0.2, 0.25) is 0 Å². The van der Waals surface area contributed by atoms with Gasteiger partial charge in [0.05, 0.1) is 0 Å². The van der Waals surface area contributed by atoms with Crippen molar-refractivity contribution in [2.75, 3.05) is 18.1 Å². The average molecular weight is 292 g/mol. The van der Waals surface area contributed by atoms with Crippen molar-refractivity contribution in [1.29, 1.82) is 0 Å². The Labute approximate surface area is 123 Å². The number of aromatic nitrogens is 1. The molecule has 19 heavy (non-hydrogen) atoms. The van der Waals surface area contributed by atoms with E-state index in [9.17, 15) is 0 Å². The van der Waals surface area contributed by atoms with Crippen LogP contribution in [0.25, 0.3) is 10.1 Å². The average Bonchev–Trinajstić information content (AvgIpc) is 2.95. The van der Waals surface area contributed by atoms with Crippen molar-refractivity contribution >= 4 is 39.0 Å². The van der Waals surface area contributed by atoms with Crippen molar-refractivity contribution < 1.29 is 0 Å². The van der Waals surface area contributed by atoms with E-state index >= 15 is 0 Å². The molecular formula is C15H20N2S2. The zero-order valence-corrected chi connectivity index (χ0v) is 12.9. The zero-order valence-electron chi connectivity index (χ0n) is 11.3. The van der Waals surface area contributed by atoms with Gasteiger partial charge in [-0.15, -0.1) is 11.3 Å². The molecule has 0 amide bonds. The molecule has 2 aromatic rings. The van der Waals surface area contributed by atoms with Gasteiger partial charge in [-0.1, -0.05) is 19.3 Å². The van der Waals surface area contributed by atoms with Gasteiger partial charge >= 0.3 is 0 Å². The van der Waals surface area contributed by atoms with Crippen LogP contribution in [0.3, 0.4) is 0 Å². The first kappa shape index (κ1) is 13.3. The van der Waals surface area contributed by atoms with Gasteiger partial charge < -0.3 is 5.32 Å². The maximum atomic E-state index is 4.52. The number of nitrogens with one attached hydrogen (secondary N) is 1. The Bertz CT molecular complexity index is 544. The molecule has 4 heteroatoms. The van der Waals surface area contributed by atoms with Crippen LogP contribution in [0.4, 0.5) is 5.82 Å². The van der Waals surface area contributed by atoms with Crippen LogP contribution in [0.1, 0.15) is 32.1 Å². The second kappa shape index (κ2) is 5.71. The summed E-state index contributed by atoms with van der Waals surface area (Å²) in [4.78, 5) is 4.52. The van der Waals surface area contributed by atoms with Crippen molar-refractivity contribution in [3.05, 3.63) is 23.7 Å². The van der Waals surface area contributed by atoms with Crippen LogP contribution in [0.5, 0.6) is 0 Å². The number of fused-ring (bicyclic) bond motifs is 1. The lowest BCUT2D eigenvalue weighted by atomic mass is 9.88. The molecule has 102 valence electrons. The van der Waals surface area contributed by atoms with Gasteiger partial charge in [-0.25, -0.2) is 4.98 Å². The van der Waals surface area contributed by atoms with E-state index in [2.05, 4.69) is 34.1 Å². The number of thioether (sulfide) groups is 1. The Morgan fingerprint density at radius 3 is 2.95 bits per heavy atom. The van der Waals surface area contributed by atoms with Gasteiger partial charge in [0.25, 0.3) is 0 Å². The van der Waals surface area contributed by atoms with Crippen LogP contribution in [0.15, 0.2) is 23.7 Å². The summed E-state index contributed by atoms with van der Waals surface area (Å²) in [5, 5.41) is 7.01. The van der Waals surface area contributed by atoms with Crippen LogP contribution in [-0.4, -0.2) is 22.5 Å². The molecule has 0 bridgehead atoms. The van der Waals surface area contributed by atoms with Crippen molar-refractivity contribution in [2.24, 2.45) is 0 Å². The predicted molar refractivity (Wildman–Crippen MR) is 87.4 cm³/mol. The molecule has 1 aliphatic carbocycles. The minimum absolute atomic E-state index is 0.415. The summed E-state index contributed by atoms with van der Waals surface area (Å²) in [5.74, 6) is 1.05. The molecular weight excluding hydrogens is 272 g/mol. The number of thiophene rings is 1. The van der Waals surface area contributed by atoms with Gasteiger partial charge in [-0.2, -0.15) is 11.8 Å². The molecule has 0 unspecified atom stereocenters. The van der Waals surface area contributed by atoms with Crippen LogP contribution in [-0.2, 0) is 0 Å². The first-order valence-corrected chi connectivity index (χ1v) is 9.05. The van der Waals surface area contributed by atoms with Crippen LogP contribution in [0, 0.1) is 0 Å². The Morgan fingerprint density at radius 2 is 2.16 bits per heavy atom. The third-order valence-corrected chi connectivity index (χ3v) is 6.46. The third-order valence-electron chi connectivity index (χ3n) is 4.16. The molecule has 1 N–H and O–H groups in total. The predicted octanol–water partition coefficient (Wildman–Crippen LogP) is 4.77. The first-order valence-electron chi connectivity index (χ1n) is 6.94. The molecule has 0 aliphatic heterocycles. The van der Waals surface area contributed by atoms with Crippen molar-refractivity contribution in [3.63, 3.8) is 0 Å². The SMILES string of the molecule is CSC1(CNc2nccc3sccc23)CCCCC1. The van der Waals surface area contributed by atoms with Gasteiger partial charge in [0, 0.05) is 27.6 Å². The topological polar surface area (TPSA) is 24.9 Å². The Hall–Kier alpha value is -0.740. The van der Waals surface area contributed by atoms with Crippen molar-refractivity contribution in [2.45, 2.75) is 36.9 Å². The second-order valence-electron chi connectivity index (χ2n) is 5.29. The molecule has 2 nitrogen and oxygen atoms in total. The number of anilines is 1. The molecule has 2 aromatic heterocycles. The number of rotatable bonds is 4. The minimum atomic E-state index is 0.415. The fraction of sp³-hybridized carbons (Fsp3) is 0.533. The fourth-order valence-electron chi connectivity index (χ4n) is 2.93. The zero-order chi connectivity index (χ0) is 13.1. The molecule has 1 saturated carbocycles. The van der Waals surface area contributed by atoms with Gasteiger partial charge in [-0.3, -0.25) is 0 Å². The highest BCUT2D eigenvalue weighted by molar-refractivity contribution is 8.00. The standard InChI is InChI=1S/C15H20N2S2/c1-18-15(7-3-2-4-8-15)11-17-14-12-6-10-19-13(12)5-9-16-14/h5-6,9-10H,2-4,7-8,11H2,1H3,(H,16,17). The van der Waals surface area contributed by atoms with E-state index in [-0.39, 0.29) is 0 Å². The van der Waals surface area contributed by atoms with Crippen LogP contribution >= 0.6 is 23.1 Å². The normalized spacial score (nSPS) is 18.6. The molecule has 1 fully saturated rings. The lowest BCUT2D eigenvalue weighted by molar-refractivity contribution is 0.411. The van der Waals surface area contributed by atoms with Gasteiger partial charge in [-0.05, 0) is 36.6 Å². The maximum absolute atomic E-state index is 4.52. The summed E-state index contributed by atoms with van der Waals surface area (Å²) < 4.78 is 1.73. The number of pyridine rings is 1. The highest BCUT2D eigenvalue weighted by atomic mass is 32.2. The summed E-state index contributed by atoms with van der Waals surface area (Å²) in [7, 11) is 0. The summed E-state index contributed by atoms with van der Waals surface area (Å²) in [6.07, 6.45) is 11.0. The van der Waals surface area contributed by atoms with E-state index in [1.807, 2.05) is 18.0 Å². The lowest BCUT2D eigenvalue weighted by Crippen LogP contribution is -2.35. The molecule has 0 atom stereocenters. The number of nitrogens with zero attached hydrogens (tertiary/aromatic N) is 1. The van der Waals surface area contributed by atoms with Crippen molar-refractivity contribution in [3.8, 4) is 0 Å². The van der Waals surface area contributed by atoms with Gasteiger partial charge in [0.2, 0.25) is 0 Å². The van der Waals surface area contributed by atoms with E-state index in [1.165, 1.54) is 42.2 Å². The summed E-state index contributed by atoms with van der Waals surface area (Å²) in [6, 6.07) is 4.26. The first-order chi connectivity index (χ1) is 9.33. The highest BCUT2D eigenvalue weighted by Crippen LogP contribution is 2.39. The summed E-state index contributed by atoms with van der Waals surface area (Å²) in [6.45, 7) is 1.04. The van der Waals surface area contributed by atoms with E-state index < -0.39 is 0 Å². The van der Waals surface area contributed by atoms with Crippen LogP contribution < -0.4 is 5.32 Å². The quantitative estimate of drug-likeness (QED) is 0.878. The maximum Gasteiger partial charge on any atom is 0.134 e. The summed E-state index contributed by atoms with van der Waals surface area (Å²) >= 11 is 3.81. The lowest BCUT2D eigenvalue weighted by Gasteiger charge is -2.36. The molecule has 0 radical (unpaired) electrons. The van der Waals surface area contributed by atoms with E-state index in [4.69, 9.17) is 0 Å². The highest BCUT2D eigenvalue weighted by Gasteiger charge is 2.31. The molecule has 0 saturated heterocycles. The molecule has 1 aliphatic rings.